The van der Waals surface area contributed by atoms with Crippen molar-refractivity contribution in [1.82, 2.24) is 20.2 Å². The number of nitrogens with zero attached hydrogens (tertiary/aromatic N) is 2. The molecule has 1 aliphatic rings. The molecule has 0 radical (unpaired) electrons. The van der Waals surface area contributed by atoms with Crippen molar-refractivity contribution in [2.75, 3.05) is 6.54 Å². The van der Waals surface area contributed by atoms with Crippen LogP contribution < -0.4 is 10.6 Å². The van der Waals surface area contributed by atoms with E-state index in [9.17, 15) is 4.79 Å². The van der Waals surface area contributed by atoms with Gasteiger partial charge < -0.3 is 15.2 Å². The molecule has 1 aromatic heterocycles. The first-order valence-electron chi connectivity index (χ1n) is 7.66. The quantitative estimate of drug-likeness (QED) is 0.899. The summed E-state index contributed by atoms with van der Waals surface area (Å²) in [6.07, 6.45) is 4.49. The molecule has 0 bridgehead atoms. The first-order chi connectivity index (χ1) is 10.2. The predicted molar refractivity (Wildman–Crippen MR) is 83.0 cm³/mol. The van der Waals surface area contributed by atoms with Gasteiger partial charge >= 0.3 is 0 Å². The lowest BCUT2D eigenvalue weighted by Gasteiger charge is -2.30. The number of carbonyl (C=O) groups excluding carboxylic acids is 1. The number of hydrogen-bond donors (Lipinski definition) is 2. The number of amides is 1. The van der Waals surface area contributed by atoms with E-state index < -0.39 is 0 Å². The SMILES string of the molecule is CC1NCCCC1NC(=O)CCn1cnc2ccccc21. The summed E-state index contributed by atoms with van der Waals surface area (Å²) in [5, 5.41) is 6.55. The number of rotatable bonds is 4. The molecule has 1 aromatic carbocycles. The third kappa shape index (κ3) is 3.24. The van der Waals surface area contributed by atoms with Gasteiger partial charge in [0, 0.05) is 25.0 Å². The Morgan fingerprint density at radius 2 is 2.33 bits per heavy atom. The van der Waals surface area contributed by atoms with Gasteiger partial charge in [-0.05, 0) is 38.4 Å². The number of aromatic nitrogens is 2. The minimum absolute atomic E-state index is 0.119. The molecule has 1 amide bonds. The molecule has 0 spiro atoms. The van der Waals surface area contributed by atoms with E-state index in [1.807, 2.05) is 35.2 Å². The Hall–Kier alpha value is -1.88. The van der Waals surface area contributed by atoms with E-state index in [1.165, 1.54) is 0 Å². The van der Waals surface area contributed by atoms with Crippen LogP contribution in [0.2, 0.25) is 0 Å². The molecular weight excluding hydrogens is 264 g/mol. The van der Waals surface area contributed by atoms with Crippen LogP contribution in [0.1, 0.15) is 26.2 Å². The number of imidazole rings is 1. The molecule has 5 nitrogen and oxygen atoms in total. The second-order valence-electron chi connectivity index (χ2n) is 5.74. The first-order valence-corrected chi connectivity index (χ1v) is 7.66. The Morgan fingerprint density at radius 3 is 3.19 bits per heavy atom. The van der Waals surface area contributed by atoms with Crippen LogP contribution >= 0.6 is 0 Å². The summed E-state index contributed by atoms with van der Waals surface area (Å²) in [4.78, 5) is 16.5. The highest BCUT2D eigenvalue weighted by molar-refractivity contribution is 5.77. The van der Waals surface area contributed by atoms with Gasteiger partial charge in [0.15, 0.2) is 0 Å². The van der Waals surface area contributed by atoms with Gasteiger partial charge in [0.1, 0.15) is 0 Å². The highest BCUT2D eigenvalue weighted by Crippen LogP contribution is 2.12. The summed E-state index contributed by atoms with van der Waals surface area (Å²) in [6.45, 7) is 3.85. The van der Waals surface area contributed by atoms with E-state index >= 15 is 0 Å². The van der Waals surface area contributed by atoms with Crippen molar-refractivity contribution in [3.8, 4) is 0 Å². The fraction of sp³-hybridized carbons (Fsp3) is 0.500. The topological polar surface area (TPSA) is 58.9 Å². The largest absolute Gasteiger partial charge is 0.352 e. The van der Waals surface area contributed by atoms with Gasteiger partial charge in [-0.15, -0.1) is 0 Å². The average molecular weight is 286 g/mol. The Labute approximate surface area is 124 Å². The number of hydrogen-bond acceptors (Lipinski definition) is 3. The van der Waals surface area contributed by atoms with Crippen LogP contribution in [0.25, 0.3) is 11.0 Å². The van der Waals surface area contributed by atoms with E-state index in [0.29, 0.717) is 19.0 Å². The molecule has 2 atom stereocenters. The van der Waals surface area contributed by atoms with Gasteiger partial charge in [-0.3, -0.25) is 4.79 Å². The van der Waals surface area contributed by atoms with Gasteiger partial charge in [0.2, 0.25) is 5.91 Å². The molecule has 1 saturated heterocycles. The van der Waals surface area contributed by atoms with E-state index in [-0.39, 0.29) is 11.9 Å². The highest BCUT2D eigenvalue weighted by Gasteiger charge is 2.22. The van der Waals surface area contributed by atoms with Crippen LogP contribution in [-0.4, -0.2) is 34.1 Å². The Balaban J connectivity index is 1.56. The minimum atomic E-state index is 0.119. The summed E-state index contributed by atoms with van der Waals surface area (Å²) in [5.41, 5.74) is 2.06. The van der Waals surface area contributed by atoms with Crippen molar-refractivity contribution in [3.05, 3.63) is 30.6 Å². The number of piperidine rings is 1. The van der Waals surface area contributed by atoms with Gasteiger partial charge in [-0.1, -0.05) is 12.1 Å². The van der Waals surface area contributed by atoms with Crippen LogP contribution in [-0.2, 0) is 11.3 Å². The van der Waals surface area contributed by atoms with E-state index in [4.69, 9.17) is 0 Å². The van der Waals surface area contributed by atoms with Crippen molar-refractivity contribution < 1.29 is 4.79 Å². The third-order valence-electron chi connectivity index (χ3n) is 4.22. The van der Waals surface area contributed by atoms with Gasteiger partial charge in [-0.25, -0.2) is 4.98 Å². The fourth-order valence-corrected chi connectivity index (χ4v) is 2.93. The summed E-state index contributed by atoms with van der Waals surface area (Å²) in [5.74, 6) is 0.119. The van der Waals surface area contributed by atoms with Crippen molar-refractivity contribution in [2.24, 2.45) is 0 Å². The number of fused-ring (bicyclic) bond motifs is 1. The molecule has 112 valence electrons. The molecule has 5 heteroatoms. The molecule has 0 saturated carbocycles. The summed E-state index contributed by atoms with van der Waals surface area (Å²) >= 11 is 0. The first kappa shape index (κ1) is 14.1. The molecule has 21 heavy (non-hydrogen) atoms. The van der Waals surface area contributed by atoms with Crippen molar-refractivity contribution >= 4 is 16.9 Å². The lowest BCUT2D eigenvalue weighted by Crippen LogP contribution is -2.52. The third-order valence-corrected chi connectivity index (χ3v) is 4.22. The molecule has 2 aromatic rings. The monoisotopic (exact) mass is 286 g/mol. The smallest absolute Gasteiger partial charge is 0.222 e. The number of aryl methyl sites for hydroxylation is 1. The molecule has 2 unspecified atom stereocenters. The zero-order valence-corrected chi connectivity index (χ0v) is 12.4. The van der Waals surface area contributed by atoms with Crippen molar-refractivity contribution in [3.63, 3.8) is 0 Å². The van der Waals surface area contributed by atoms with Crippen molar-refractivity contribution in [1.29, 1.82) is 0 Å². The number of benzene rings is 1. The zero-order chi connectivity index (χ0) is 14.7. The maximum Gasteiger partial charge on any atom is 0.222 e. The van der Waals surface area contributed by atoms with Crippen LogP contribution in [0, 0.1) is 0 Å². The van der Waals surface area contributed by atoms with Gasteiger partial charge in [0.05, 0.1) is 17.4 Å². The Kier molecular flexibility index (Phi) is 4.20. The lowest BCUT2D eigenvalue weighted by atomic mass is 10.00. The summed E-state index contributed by atoms with van der Waals surface area (Å²) < 4.78 is 2.04. The summed E-state index contributed by atoms with van der Waals surface area (Å²) in [6, 6.07) is 8.61. The van der Waals surface area contributed by atoms with Gasteiger partial charge in [0.25, 0.3) is 0 Å². The second kappa shape index (κ2) is 6.26. The van der Waals surface area contributed by atoms with Crippen LogP contribution in [0.3, 0.4) is 0 Å². The average Bonchev–Trinajstić information content (AvgIpc) is 2.91. The predicted octanol–water partition coefficient (Wildman–Crippen LogP) is 1.68. The summed E-state index contributed by atoms with van der Waals surface area (Å²) in [7, 11) is 0. The zero-order valence-electron chi connectivity index (χ0n) is 12.4. The lowest BCUT2D eigenvalue weighted by molar-refractivity contribution is -0.122. The molecule has 3 rings (SSSR count). The van der Waals surface area contributed by atoms with Crippen molar-refractivity contribution in [2.45, 2.75) is 44.8 Å². The van der Waals surface area contributed by atoms with Gasteiger partial charge in [-0.2, -0.15) is 0 Å². The fourth-order valence-electron chi connectivity index (χ4n) is 2.93. The maximum atomic E-state index is 12.1. The number of carbonyl (C=O) groups is 1. The minimum Gasteiger partial charge on any atom is -0.352 e. The van der Waals surface area contributed by atoms with Crippen LogP contribution in [0.5, 0.6) is 0 Å². The Bertz CT molecular complexity index is 622. The second-order valence-corrected chi connectivity index (χ2v) is 5.74. The molecule has 1 aliphatic heterocycles. The van der Waals surface area contributed by atoms with E-state index in [2.05, 4.69) is 22.5 Å². The molecule has 2 heterocycles. The normalized spacial score (nSPS) is 22.3. The highest BCUT2D eigenvalue weighted by atomic mass is 16.1. The maximum absolute atomic E-state index is 12.1. The molecular formula is C16H22N4O. The van der Waals surface area contributed by atoms with E-state index in [1.54, 1.807) is 0 Å². The van der Waals surface area contributed by atoms with E-state index in [0.717, 1.165) is 30.4 Å². The molecule has 2 N–H and O–H groups in total. The molecule has 0 aliphatic carbocycles. The van der Waals surface area contributed by atoms with Crippen LogP contribution in [0.4, 0.5) is 0 Å². The Morgan fingerprint density at radius 1 is 1.48 bits per heavy atom. The number of nitrogens with one attached hydrogen (secondary N) is 2. The molecule has 1 fully saturated rings. The van der Waals surface area contributed by atoms with Crippen LogP contribution in [0.15, 0.2) is 30.6 Å². The standard InChI is InChI=1S/C16H22N4O/c1-12-13(6-4-9-17-12)19-16(21)8-10-20-11-18-14-5-2-3-7-15(14)20/h2-3,5,7,11-13,17H,4,6,8-10H2,1H3,(H,19,21). The number of para-hydroxylation sites is 2.